The molecule has 0 aromatic carbocycles. The summed E-state index contributed by atoms with van der Waals surface area (Å²) in [6, 6.07) is 0. The van der Waals surface area contributed by atoms with Gasteiger partial charge >= 0.3 is 6.09 Å². The van der Waals surface area contributed by atoms with Crippen molar-refractivity contribution in [3.05, 3.63) is 6.61 Å². The van der Waals surface area contributed by atoms with Crippen molar-refractivity contribution in [2.45, 2.75) is 6.92 Å². The van der Waals surface area contributed by atoms with Crippen LogP contribution in [0.1, 0.15) is 6.92 Å². The van der Waals surface area contributed by atoms with Gasteiger partial charge in [0.1, 0.15) is 6.61 Å². The van der Waals surface area contributed by atoms with Crippen molar-refractivity contribution in [1.82, 2.24) is 5.32 Å². The molecular weight excluding hydrogens is 202 g/mol. The highest BCUT2D eigenvalue weighted by molar-refractivity contribution is 5.67. The Balaban J connectivity index is 3.01. The molecule has 0 aliphatic rings. The first kappa shape index (κ1) is 14.2. The molecule has 1 radical (unpaired) electrons. The number of alkyl carbamates (subject to hydrolysis) is 1. The molecular formula is C9H18NO5. The Labute approximate surface area is 89.5 Å². The van der Waals surface area contributed by atoms with E-state index in [4.69, 9.17) is 14.6 Å². The molecule has 15 heavy (non-hydrogen) atoms. The van der Waals surface area contributed by atoms with Gasteiger partial charge in [-0.25, -0.2) is 4.79 Å². The zero-order valence-corrected chi connectivity index (χ0v) is 8.90. The van der Waals surface area contributed by atoms with E-state index in [2.05, 4.69) is 10.1 Å². The van der Waals surface area contributed by atoms with E-state index in [1.165, 1.54) is 6.61 Å². The molecule has 2 N–H and O–H groups in total. The molecule has 0 saturated carbocycles. The number of carbonyl (C=O) groups is 1. The van der Waals surface area contributed by atoms with E-state index in [0.717, 1.165) is 0 Å². The third-order valence-electron chi connectivity index (χ3n) is 1.35. The molecule has 6 heteroatoms. The number of aliphatic hydroxyl groups excluding tert-OH is 1. The van der Waals surface area contributed by atoms with Crippen molar-refractivity contribution in [1.29, 1.82) is 0 Å². The highest BCUT2D eigenvalue weighted by Crippen LogP contribution is 1.81. The SMILES string of the molecule is C[CH]OC(=O)NCCOCCOCCO. The topological polar surface area (TPSA) is 77.0 Å². The van der Waals surface area contributed by atoms with E-state index in [0.29, 0.717) is 33.0 Å². The summed E-state index contributed by atoms with van der Waals surface area (Å²) in [5.41, 5.74) is 0. The summed E-state index contributed by atoms with van der Waals surface area (Å²) in [7, 11) is 0. The van der Waals surface area contributed by atoms with Gasteiger partial charge < -0.3 is 24.6 Å². The van der Waals surface area contributed by atoms with Crippen LogP contribution in [0.25, 0.3) is 0 Å². The Kier molecular flexibility index (Phi) is 10.6. The molecule has 6 nitrogen and oxygen atoms in total. The normalized spacial score (nSPS) is 10.0. The molecule has 0 unspecified atom stereocenters. The lowest BCUT2D eigenvalue weighted by molar-refractivity contribution is 0.0340. The van der Waals surface area contributed by atoms with E-state index < -0.39 is 6.09 Å². The largest absolute Gasteiger partial charge is 0.443 e. The zero-order chi connectivity index (χ0) is 11.4. The number of aliphatic hydroxyl groups is 1. The van der Waals surface area contributed by atoms with E-state index in [1.807, 2.05) is 0 Å². The van der Waals surface area contributed by atoms with Gasteiger partial charge in [0.25, 0.3) is 0 Å². The number of rotatable bonds is 9. The monoisotopic (exact) mass is 220 g/mol. The first-order valence-electron chi connectivity index (χ1n) is 4.80. The second kappa shape index (κ2) is 11.2. The lowest BCUT2D eigenvalue weighted by Crippen LogP contribution is -2.27. The number of carbonyl (C=O) groups excluding carboxylic acids is 1. The minimum absolute atomic E-state index is 0.0148. The Morgan fingerprint density at radius 3 is 2.53 bits per heavy atom. The summed E-state index contributed by atoms with van der Waals surface area (Å²) in [5.74, 6) is 0. The Morgan fingerprint density at radius 2 is 1.93 bits per heavy atom. The Hall–Kier alpha value is -0.850. The number of hydrogen-bond acceptors (Lipinski definition) is 5. The number of hydrogen-bond donors (Lipinski definition) is 2. The summed E-state index contributed by atoms with van der Waals surface area (Å²) >= 11 is 0. The van der Waals surface area contributed by atoms with Crippen LogP contribution in [-0.4, -0.2) is 50.8 Å². The van der Waals surface area contributed by atoms with E-state index in [-0.39, 0.29) is 6.61 Å². The van der Waals surface area contributed by atoms with Crippen molar-refractivity contribution >= 4 is 6.09 Å². The van der Waals surface area contributed by atoms with Gasteiger partial charge in [0, 0.05) is 6.54 Å². The average molecular weight is 220 g/mol. The van der Waals surface area contributed by atoms with Crippen LogP contribution < -0.4 is 5.32 Å². The first-order chi connectivity index (χ1) is 7.31. The summed E-state index contributed by atoms with van der Waals surface area (Å²) in [4.78, 5) is 10.7. The third kappa shape index (κ3) is 11.1. The molecule has 0 aromatic heterocycles. The maximum absolute atomic E-state index is 10.7. The molecule has 0 bridgehead atoms. The van der Waals surface area contributed by atoms with Gasteiger partial charge in [-0.1, -0.05) is 0 Å². The Morgan fingerprint density at radius 1 is 1.27 bits per heavy atom. The van der Waals surface area contributed by atoms with Gasteiger partial charge in [-0.2, -0.15) is 0 Å². The van der Waals surface area contributed by atoms with Crippen LogP contribution >= 0.6 is 0 Å². The van der Waals surface area contributed by atoms with Gasteiger partial charge in [-0.05, 0) is 6.92 Å². The van der Waals surface area contributed by atoms with Crippen LogP contribution in [-0.2, 0) is 14.2 Å². The van der Waals surface area contributed by atoms with Gasteiger partial charge in [0.15, 0.2) is 0 Å². The highest BCUT2D eigenvalue weighted by Gasteiger charge is 1.98. The maximum atomic E-state index is 10.7. The van der Waals surface area contributed by atoms with Crippen LogP contribution in [0.2, 0.25) is 0 Å². The fourth-order valence-electron chi connectivity index (χ4n) is 0.760. The van der Waals surface area contributed by atoms with Crippen molar-refractivity contribution in [2.24, 2.45) is 0 Å². The molecule has 0 heterocycles. The third-order valence-corrected chi connectivity index (χ3v) is 1.35. The molecule has 0 aliphatic carbocycles. The average Bonchev–Trinajstić information content (AvgIpc) is 2.22. The zero-order valence-electron chi connectivity index (χ0n) is 8.90. The molecule has 0 saturated heterocycles. The standard InChI is InChI=1S/C9H18NO5/c1-2-15-9(12)10-3-5-13-7-8-14-6-4-11/h2,11H,3-8H2,1H3,(H,10,12). The van der Waals surface area contributed by atoms with Gasteiger partial charge in [0.05, 0.1) is 33.0 Å². The Bertz CT molecular complexity index is 153. The van der Waals surface area contributed by atoms with Gasteiger partial charge in [-0.3, -0.25) is 0 Å². The fraction of sp³-hybridized carbons (Fsp3) is 0.778. The van der Waals surface area contributed by atoms with Crippen molar-refractivity contribution in [3.8, 4) is 0 Å². The molecule has 0 spiro atoms. The van der Waals surface area contributed by atoms with Crippen LogP contribution in [0.15, 0.2) is 0 Å². The van der Waals surface area contributed by atoms with Crippen molar-refractivity contribution < 1.29 is 24.1 Å². The van der Waals surface area contributed by atoms with E-state index in [1.54, 1.807) is 6.92 Å². The van der Waals surface area contributed by atoms with Crippen molar-refractivity contribution in [2.75, 3.05) is 39.6 Å². The van der Waals surface area contributed by atoms with Crippen LogP contribution in [0.3, 0.4) is 0 Å². The van der Waals surface area contributed by atoms with Crippen LogP contribution in [0.4, 0.5) is 4.79 Å². The first-order valence-corrected chi connectivity index (χ1v) is 4.80. The van der Waals surface area contributed by atoms with E-state index >= 15 is 0 Å². The minimum atomic E-state index is -0.488. The molecule has 1 amide bonds. The van der Waals surface area contributed by atoms with Crippen molar-refractivity contribution in [3.63, 3.8) is 0 Å². The maximum Gasteiger partial charge on any atom is 0.407 e. The van der Waals surface area contributed by atoms with Gasteiger partial charge in [-0.15, -0.1) is 0 Å². The second-order valence-corrected chi connectivity index (χ2v) is 2.52. The summed E-state index contributed by atoms with van der Waals surface area (Å²) in [6.45, 7) is 4.94. The fourth-order valence-corrected chi connectivity index (χ4v) is 0.760. The smallest absolute Gasteiger partial charge is 0.407 e. The number of ether oxygens (including phenoxy) is 3. The summed E-state index contributed by atoms with van der Waals surface area (Å²) < 4.78 is 14.6. The van der Waals surface area contributed by atoms with Crippen LogP contribution in [0, 0.1) is 6.61 Å². The lowest BCUT2D eigenvalue weighted by Gasteiger charge is -2.06. The molecule has 0 rings (SSSR count). The number of nitrogens with one attached hydrogen (secondary N) is 1. The predicted molar refractivity (Wildman–Crippen MR) is 53.2 cm³/mol. The molecule has 0 aromatic rings. The number of amides is 1. The predicted octanol–water partition coefficient (Wildman–Crippen LogP) is -0.0802. The molecule has 0 atom stereocenters. The highest BCUT2D eigenvalue weighted by atomic mass is 16.5. The molecule has 0 aliphatic heterocycles. The molecule has 0 fully saturated rings. The molecule has 89 valence electrons. The summed E-state index contributed by atoms with van der Waals surface area (Å²) in [6.07, 6.45) is -0.488. The minimum Gasteiger partial charge on any atom is -0.443 e. The lowest BCUT2D eigenvalue weighted by atomic mass is 10.6. The summed E-state index contributed by atoms with van der Waals surface area (Å²) in [5, 5.41) is 10.9. The quantitative estimate of drug-likeness (QED) is 0.531. The van der Waals surface area contributed by atoms with Gasteiger partial charge in [0.2, 0.25) is 0 Å². The second-order valence-electron chi connectivity index (χ2n) is 2.52. The van der Waals surface area contributed by atoms with E-state index in [9.17, 15) is 4.79 Å². The van der Waals surface area contributed by atoms with Crippen LogP contribution in [0.5, 0.6) is 0 Å².